The molecule has 1 heterocycles. The zero-order valence-corrected chi connectivity index (χ0v) is 11.7. The maximum absolute atomic E-state index is 4.52. The van der Waals surface area contributed by atoms with Crippen LogP contribution in [-0.4, -0.2) is 22.6 Å². The minimum absolute atomic E-state index is 0.887. The maximum Gasteiger partial charge on any atom is 0.0638 e. The van der Waals surface area contributed by atoms with Crippen LogP contribution in [0.2, 0.25) is 0 Å². The summed E-state index contributed by atoms with van der Waals surface area (Å²) in [5.74, 6) is 1.05. The first-order valence-electron chi connectivity index (χ1n) is 6.15. The Bertz CT molecular complexity index is 479. The minimum atomic E-state index is 0.887. The van der Waals surface area contributed by atoms with Gasteiger partial charge >= 0.3 is 0 Å². The van der Waals surface area contributed by atoms with Gasteiger partial charge in [0.05, 0.1) is 12.2 Å². The summed E-state index contributed by atoms with van der Waals surface area (Å²) in [6, 6.07) is 10.5. The molecule has 1 N–H and O–H groups in total. The highest BCUT2D eigenvalue weighted by Gasteiger charge is 2.03. The number of hydrogen-bond acceptors (Lipinski definition) is 3. The first-order chi connectivity index (χ1) is 8.79. The summed E-state index contributed by atoms with van der Waals surface area (Å²) >= 11 is 1.87. The number of nitrogens with zero attached hydrogens (tertiary/aromatic N) is 2. The van der Waals surface area contributed by atoms with Gasteiger partial charge in [0.25, 0.3) is 0 Å². The molecule has 0 aliphatic heterocycles. The summed E-state index contributed by atoms with van der Waals surface area (Å²) in [6.07, 6.45) is 2.14. The molecule has 2 rings (SSSR count). The molecule has 18 heavy (non-hydrogen) atoms. The van der Waals surface area contributed by atoms with Crippen LogP contribution < -0.4 is 5.32 Å². The molecule has 0 radical (unpaired) electrons. The van der Waals surface area contributed by atoms with E-state index in [9.17, 15) is 0 Å². The molecule has 1 aromatic heterocycles. The molecule has 0 spiro atoms. The van der Waals surface area contributed by atoms with Crippen LogP contribution in [0.15, 0.2) is 41.4 Å². The molecule has 2 aromatic rings. The van der Waals surface area contributed by atoms with E-state index in [4.69, 9.17) is 0 Å². The van der Waals surface area contributed by atoms with E-state index < -0.39 is 0 Å². The van der Waals surface area contributed by atoms with Crippen molar-refractivity contribution in [1.82, 2.24) is 15.1 Å². The van der Waals surface area contributed by atoms with Gasteiger partial charge in [-0.1, -0.05) is 18.2 Å². The Hall–Kier alpha value is -1.26. The van der Waals surface area contributed by atoms with Gasteiger partial charge in [-0.05, 0) is 26.1 Å². The van der Waals surface area contributed by atoms with Gasteiger partial charge in [-0.2, -0.15) is 5.10 Å². The van der Waals surface area contributed by atoms with Crippen molar-refractivity contribution in [2.24, 2.45) is 0 Å². The van der Waals surface area contributed by atoms with Gasteiger partial charge in [0.1, 0.15) is 0 Å². The maximum atomic E-state index is 4.52. The van der Waals surface area contributed by atoms with Crippen molar-refractivity contribution < 1.29 is 0 Å². The first kappa shape index (κ1) is 13.2. The van der Waals surface area contributed by atoms with Gasteiger partial charge < -0.3 is 5.32 Å². The smallest absolute Gasteiger partial charge is 0.0638 e. The fourth-order valence-electron chi connectivity index (χ4n) is 1.81. The largest absolute Gasteiger partial charge is 0.316 e. The van der Waals surface area contributed by atoms with Gasteiger partial charge in [-0.15, -0.1) is 11.8 Å². The average Bonchev–Trinajstić information content (AvgIpc) is 2.72. The predicted molar refractivity (Wildman–Crippen MR) is 76.9 cm³/mol. The average molecular weight is 261 g/mol. The summed E-state index contributed by atoms with van der Waals surface area (Å²) < 4.78 is 2.04. The van der Waals surface area contributed by atoms with Crippen molar-refractivity contribution in [3.63, 3.8) is 0 Å². The molecule has 0 bridgehead atoms. The number of thioether (sulfide) groups is 1. The molecule has 1 aromatic carbocycles. The van der Waals surface area contributed by atoms with Crippen LogP contribution in [0.4, 0.5) is 0 Å². The zero-order chi connectivity index (χ0) is 12.8. The Balaban J connectivity index is 1.85. The Kier molecular flexibility index (Phi) is 4.84. The van der Waals surface area contributed by atoms with Crippen LogP contribution in [0.25, 0.3) is 0 Å². The fourth-order valence-corrected chi connectivity index (χ4v) is 2.67. The molecular weight excluding hydrogens is 242 g/mol. The molecule has 0 aliphatic rings. The van der Waals surface area contributed by atoms with Crippen LogP contribution >= 0.6 is 11.8 Å². The summed E-state index contributed by atoms with van der Waals surface area (Å²) in [6.45, 7) is 3.90. The Labute approximate surface area is 113 Å². The van der Waals surface area contributed by atoms with Crippen molar-refractivity contribution in [1.29, 1.82) is 0 Å². The Morgan fingerprint density at radius 3 is 2.78 bits per heavy atom. The van der Waals surface area contributed by atoms with E-state index in [1.165, 1.54) is 10.5 Å². The monoisotopic (exact) mass is 261 g/mol. The molecule has 0 amide bonds. The third kappa shape index (κ3) is 3.62. The lowest BCUT2D eigenvalue weighted by atomic mass is 10.3. The quantitative estimate of drug-likeness (QED) is 0.811. The van der Waals surface area contributed by atoms with E-state index >= 15 is 0 Å². The van der Waals surface area contributed by atoms with Crippen molar-refractivity contribution in [3.8, 4) is 0 Å². The molecule has 0 aliphatic carbocycles. The molecule has 0 unspecified atom stereocenters. The molecule has 0 atom stereocenters. The van der Waals surface area contributed by atoms with Crippen molar-refractivity contribution in [2.45, 2.75) is 24.9 Å². The van der Waals surface area contributed by atoms with Gasteiger partial charge in [0.15, 0.2) is 0 Å². The van der Waals surface area contributed by atoms with E-state index in [-0.39, 0.29) is 0 Å². The van der Waals surface area contributed by atoms with Crippen LogP contribution in [0, 0.1) is 6.92 Å². The second-order valence-electron chi connectivity index (χ2n) is 4.19. The molecule has 0 fully saturated rings. The minimum Gasteiger partial charge on any atom is -0.316 e. The molecule has 4 heteroatoms. The molecule has 96 valence electrons. The third-order valence-electron chi connectivity index (χ3n) is 2.75. The first-order valence-corrected chi connectivity index (χ1v) is 7.13. The lowest BCUT2D eigenvalue weighted by molar-refractivity contribution is 0.659. The van der Waals surface area contributed by atoms with Crippen molar-refractivity contribution in [3.05, 3.63) is 47.8 Å². The highest BCUT2D eigenvalue weighted by molar-refractivity contribution is 7.99. The van der Waals surface area contributed by atoms with E-state index in [2.05, 4.69) is 47.8 Å². The molecule has 0 saturated carbocycles. The number of hydrogen-bond donors (Lipinski definition) is 1. The number of nitrogens with one attached hydrogen (secondary N) is 1. The highest BCUT2D eigenvalue weighted by atomic mass is 32.2. The van der Waals surface area contributed by atoms with Crippen LogP contribution in [0.3, 0.4) is 0 Å². The van der Waals surface area contributed by atoms with E-state index in [0.717, 1.165) is 24.5 Å². The topological polar surface area (TPSA) is 29.9 Å². The lowest BCUT2D eigenvalue weighted by Gasteiger charge is -2.01. The summed E-state index contributed by atoms with van der Waals surface area (Å²) in [5.41, 5.74) is 2.40. The Morgan fingerprint density at radius 1 is 1.28 bits per heavy atom. The van der Waals surface area contributed by atoms with Gasteiger partial charge in [0.2, 0.25) is 0 Å². The normalized spacial score (nSPS) is 10.8. The van der Waals surface area contributed by atoms with Gasteiger partial charge in [-0.3, -0.25) is 4.68 Å². The fraction of sp³-hybridized carbons (Fsp3) is 0.357. The van der Waals surface area contributed by atoms with Crippen LogP contribution in [0.5, 0.6) is 0 Å². The summed E-state index contributed by atoms with van der Waals surface area (Å²) in [7, 11) is 1.96. The number of aromatic nitrogens is 2. The molecule has 3 nitrogen and oxygen atoms in total. The SMILES string of the molecule is CNCc1cn(CCSc2ccccc2)nc1C. The van der Waals surface area contributed by atoms with E-state index in [0.29, 0.717) is 0 Å². The van der Waals surface area contributed by atoms with E-state index in [1.54, 1.807) is 0 Å². The standard InChI is InChI=1S/C14H19N3S/c1-12-13(10-15-2)11-17(16-12)8-9-18-14-6-4-3-5-7-14/h3-7,11,15H,8-10H2,1-2H3. The van der Waals surface area contributed by atoms with Crippen molar-refractivity contribution >= 4 is 11.8 Å². The lowest BCUT2D eigenvalue weighted by Crippen LogP contribution is -2.05. The summed E-state index contributed by atoms with van der Waals surface area (Å²) in [4.78, 5) is 1.32. The second-order valence-corrected chi connectivity index (χ2v) is 5.36. The number of aryl methyl sites for hydroxylation is 2. The molecule has 0 saturated heterocycles. The Morgan fingerprint density at radius 2 is 2.06 bits per heavy atom. The second kappa shape index (κ2) is 6.61. The third-order valence-corrected chi connectivity index (χ3v) is 3.74. The summed E-state index contributed by atoms with van der Waals surface area (Å²) in [5, 5.41) is 7.69. The van der Waals surface area contributed by atoms with Crippen LogP contribution in [-0.2, 0) is 13.1 Å². The predicted octanol–water partition coefficient (Wildman–Crippen LogP) is 2.70. The number of rotatable bonds is 6. The highest BCUT2D eigenvalue weighted by Crippen LogP contribution is 2.17. The van der Waals surface area contributed by atoms with E-state index in [1.807, 2.05) is 29.6 Å². The van der Waals surface area contributed by atoms with Gasteiger partial charge in [-0.25, -0.2) is 0 Å². The van der Waals surface area contributed by atoms with Crippen LogP contribution in [0.1, 0.15) is 11.3 Å². The zero-order valence-electron chi connectivity index (χ0n) is 10.9. The number of benzene rings is 1. The molecular formula is C14H19N3S. The van der Waals surface area contributed by atoms with Crippen molar-refractivity contribution in [2.75, 3.05) is 12.8 Å². The van der Waals surface area contributed by atoms with Gasteiger partial charge in [0, 0.05) is 29.0 Å².